The first-order valence-corrected chi connectivity index (χ1v) is 3.81. The fraction of sp³-hybridized carbons (Fsp3) is 0.714. The molecule has 0 radical (unpaired) electrons. The van der Waals surface area contributed by atoms with E-state index in [4.69, 9.17) is 15.9 Å². The van der Waals surface area contributed by atoms with Crippen molar-refractivity contribution in [2.24, 2.45) is 5.73 Å². The van der Waals surface area contributed by atoms with E-state index < -0.39 is 0 Å². The predicted molar refractivity (Wildman–Crippen MR) is 43.2 cm³/mol. The normalized spacial score (nSPS) is 14.0. The van der Waals surface area contributed by atoms with Crippen LogP contribution in [0.15, 0.2) is 12.5 Å². The Balaban J connectivity index is 3.51. The van der Waals surface area contributed by atoms with E-state index in [-0.39, 0.29) is 6.61 Å². The molecule has 0 rings (SSSR count). The number of nitrogens with two attached hydrogens (primary N) is 1. The Morgan fingerprint density at radius 3 is 2.55 bits per heavy atom. The first-order valence-electron chi connectivity index (χ1n) is 3.81. The molecule has 0 aliphatic rings. The number of aliphatic hydroxyl groups is 2. The second-order valence-corrected chi connectivity index (χ2v) is 2.34. The molecule has 0 aliphatic carbocycles. The summed E-state index contributed by atoms with van der Waals surface area (Å²) in [7, 11) is 0. The number of rotatable bonds is 6. The van der Waals surface area contributed by atoms with Gasteiger partial charge in [0.2, 0.25) is 0 Å². The van der Waals surface area contributed by atoms with Gasteiger partial charge in [0.05, 0.1) is 13.2 Å². The lowest BCUT2D eigenvalue weighted by Crippen LogP contribution is -3.08. The van der Waals surface area contributed by atoms with Gasteiger partial charge in [-0.2, -0.15) is 0 Å². The van der Waals surface area contributed by atoms with Crippen LogP contribution in [0.3, 0.4) is 0 Å². The van der Waals surface area contributed by atoms with E-state index in [0.29, 0.717) is 13.1 Å². The zero-order valence-electron chi connectivity index (χ0n) is 6.66. The van der Waals surface area contributed by atoms with Crippen LogP contribution in [0, 0.1) is 0 Å². The summed E-state index contributed by atoms with van der Waals surface area (Å²) in [4.78, 5) is 1.04. The molecule has 0 spiro atoms. The van der Waals surface area contributed by atoms with Crippen LogP contribution in [0.1, 0.15) is 6.42 Å². The van der Waals surface area contributed by atoms with Crippen molar-refractivity contribution in [3.63, 3.8) is 0 Å². The molecule has 66 valence electrons. The van der Waals surface area contributed by atoms with Crippen molar-refractivity contribution in [3.8, 4) is 0 Å². The van der Waals surface area contributed by atoms with E-state index in [1.54, 1.807) is 6.20 Å². The van der Waals surface area contributed by atoms with E-state index in [2.05, 4.69) is 0 Å². The molecule has 0 bridgehead atoms. The van der Waals surface area contributed by atoms with Gasteiger partial charge in [-0.05, 0) is 6.54 Å². The SMILES string of the molecule is NCCC[NH+](C=CO)CCO. The van der Waals surface area contributed by atoms with Crippen molar-refractivity contribution < 1.29 is 15.1 Å². The molecule has 0 heterocycles. The topological polar surface area (TPSA) is 70.9 Å². The highest BCUT2D eigenvalue weighted by Crippen LogP contribution is 1.64. The minimum Gasteiger partial charge on any atom is -0.510 e. The summed E-state index contributed by atoms with van der Waals surface area (Å²) in [6, 6.07) is 0. The highest BCUT2D eigenvalue weighted by Gasteiger charge is 2.01. The third kappa shape index (κ3) is 5.84. The second-order valence-electron chi connectivity index (χ2n) is 2.34. The van der Waals surface area contributed by atoms with Crippen LogP contribution in [-0.4, -0.2) is 36.5 Å². The summed E-state index contributed by atoms with van der Waals surface area (Å²) in [6.45, 7) is 2.25. The molecule has 4 heteroatoms. The van der Waals surface area contributed by atoms with Crippen molar-refractivity contribution in [2.45, 2.75) is 6.42 Å². The van der Waals surface area contributed by atoms with E-state index in [9.17, 15) is 0 Å². The molecule has 0 amide bonds. The summed E-state index contributed by atoms with van der Waals surface area (Å²) in [5.74, 6) is 0. The fourth-order valence-corrected chi connectivity index (χ4v) is 0.870. The number of hydrogen-bond donors (Lipinski definition) is 4. The van der Waals surface area contributed by atoms with E-state index in [1.165, 1.54) is 0 Å². The van der Waals surface area contributed by atoms with Gasteiger partial charge in [-0.15, -0.1) is 0 Å². The minimum absolute atomic E-state index is 0.129. The average Bonchev–Trinajstić information content (AvgIpc) is 2.01. The largest absolute Gasteiger partial charge is 0.510 e. The number of nitrogens with one attached hydrogen (secondary N) is 1. The lowest BCUT2D eigenvalue weighted by atomic mass is 10.4. The third-order valence-corrected chi connectivity index (χ3v) is 1.45. The van der Waals surface area contributed by atoms with Crippen molar-refractivity contribution in [1.29, 1.82) is 0 Å². The van der Waals surface area contributed by atoms with Gasteiger partial charge in [-0.1, -0.05) is 0 Å². The van der Waals surface area contributed by atoms with Gasteiger partial charge in [-0.3, -0.25) is 0 Å². The molecule has 0 aliphatic heterocycles. The van der Waals surface area contributed by atoms with Gasteiger partial charge < -0.3 is 20.8 Å². The van der Waals surface area contributed by atoms with Crippen molar-refractivity contribution >= 4 is 0 Å². The molecule has 5 N–H and O–H groups in total. The molecular formula is C7H17N2O2+. The maximum absolute atomic E-state index is 8.60. The molecule has 1 unspecified atom stereocenters. The molecule has 0 aromatic heterocycles. The Morgan fingerprint density at radius 2 is 2.09 bits per heavy atom. The summed E-state index contributed by atoms with van der Waals surface area (Å²) in [5.41, 5.74) is 5.31. The van der Waals surface area contributed by atoms with Crippen LogP contribution in [-0.2, 0) is 0 Å². The van der Waals surface area contributed by atoms with Crippen molar-refractivity contribution in [3.05, 3.63) is 12.5 Å². The molecule has 11 heavy (non-hydrogen) atoms. The van der Waals surface area contributed by atoms with Crippen LogP contribution in [0.2, 0.25) is 0 Å². The predicted octanol–water partition coefficient (Wildman–Crippen LogP) is -1.76. The van der Waals surface area contributed by atoms with Gasteiger partial charge in [0.25, 0.3) is 0 Å². The molecule has 4 nitrogen and oxygen atoms in total. The number of hydrogen-bond acceptors (Lipinski definition) is 3. The van der Waals surface area contributed by atoms with Gasteiger partial charge in [-0.25, -0.2) is 0 Å². The van der Waals surface area contributed by atoms with Gasteiger partial charge in [0.1, 0.15) is 19.0 Å². The monoisotopic (exact) mass is 161 g/mol. The summed E-state index contributed by atoms with van der Waals surface area (Å²) in [6.07, 6.45) is 3.52. The Labute approximate surface area is 66.9 Å². The smallest absolute Gasteiger partial charge is 0.132 e. The Bertz CT molecular complexity index is 107. The van der Waals surface area contributed by atoms with Crippen LogP contribution in [0.5, 0.6) is 0 Å². The van der Waals surface area contributed by atoms with E-state index in [0.717, 1.165) is 24.1 Å². The van der Waals surface area contributed by atoms with Crippen LogP contribution in [0.4, 0.5) is 0 Å². The summed E-state index contributed by atoms with van der Waals surface area (Å²) < 4.78 is 0. The molecule has 0 aromatic rings. The Hall–Kier alpha value is -0.580. The lowest BCUT2D eigenvalue weighted by Gasteiger charge is -2.11. The average molecular weight is 161 g/mol. The first kappa shape index (κ1) is 10.4. The second kappa shape index (κ2) is 7.53. The van der Waals surface area contributed by atoms with E-state index in [1.807, 2.05) is 0 Å². The zero-order chi connectivity index (χ0) is 8.53. The lowest BCUT2D eigenvalue weighted by molar-refractivity contribution is -0.848. The molecule has 0 fully saturated rings. The van der Waals surface area contributed by atoms with Crippen molar-refractivity contribution in [2.75, 3.05) is 26.2 Å². The molecule has 1 atom stereocenters. The van der Waals surface area contributed by atoms with Crippen LogP contribution in [0.25, 0.3) is 0 Å². The molecule has 0 aromatic carbocycles. The van der Waals surface area contributed by atoms with Gasteiger partial charge in [0, 0.05) is 6.42 Å². The van der Waals surface area contributed by atoms with Crippen LogP contribution >= 0.6 is 0 Å². The Morgan fingerprint density at radius 1 is 1.36 bits per heavy atom. The highest BCUT2D eigenvalue weighted by atomic mass is 16.3. The maximum atomic E-state index is 8.60. The minimum atomic E-state index is 0.129. The first-order chi connectivity index (χ1) is 5.35. The third-order valence-electron chi connectivity index (χ3n) is 1.45. The van der Waals surface area contributed by atoms with Crippen LogP contribution < -0.4 is 10.6 Å². The number of aliphatic hydroxyl groups excluding tert-OH is 2. The van der Waals surface area contributed by atoms with Crippen molar-refractivity contribution in [1.82, 2.24) is 0 Å². The standard InChI is InChI=1S/C7H16N2O2/c8-2-1-3-9(4-6-10)5-7-11/h4,6,10-11H,1-3,5,7-8H2/p+1. The fourth-order valence-electron chi connectivity index (χ4n) is 0.870. The molecular weight excluding hydrogens is 144 g/mol. The summed E-state index contributed by atoms with van der Waals surface area (Å²) in [5, 5.41) is 17.0. The Kier molecular flexibility index (Phi) is 7.13. The maximum Gasteiger partial charge on any atom is 0.132 e. The van der Waals surface area contributed by atoms with Gasteiger partial charge >= 0.3 is 0 Å². The molecule has 0 saturated heterocycles. The van der Waals surface area contributed by atoms with E-state index >= 15 is 0 Å². The van der Waals surface area contributed by atoms with Gasteiger partial charge in [0.15, 0.2) is 0 Å². The zero-order valence-corrected chi connectivity index (χ0v) is 6.66. The molecule has 0 saturated carbocycles. The summed E-state index contributed by atoms with van der Waals surface area (Å²) >= 11 is 0. The highest BCUT2D eigenvalue weighted by molar-refractivity contribution is 4.55. The number of quaternary nitrogens is 1. The quantitative estimate of drug-likeness (QED) is 0.349.